The molecule has 0 radical (unpaired) electrons. The minimum atomic E-state index is -0.388. The van der Waals surface area contributed by atoms with Crippen LogP contribution in [0, 0.1) is 5.92 Å². The molecule has 2 atom stereocenters. The van der Waals surface area contributed by atoms with Gasteiger partial charge in [0.15, 0.2) is 0 Å². The van der Waals surface area contributed by atoms with Crippen molar-refractivity contribution in [3.05, 3.63) is 0 Å². The zero-order valence-electron chi connectivity index (χ0n) is 13.4. The molecule has 20 heavy (non-hydrogen) atoms. The molecule has 2 N–H and O–H groups in total. The molecule has 2 rings (SSSR count). The second-order valence-electron chi connectivity index (χ2n) is 6.91. The first kappa shape index (κ1) is 15.8. The molecule has 0 aromatic heterocycles. The summed E-state index contributed by atoms with van der Waals surface area (Å²) in [7, 11) is 0. The Bertz CT molecular complexity index is 324. The van der Waals surface area contributed by atoms with Crippen molar-refractivity contribution in [3.8, 4) is 0 Å². The Labute approximate surface area is 123 Å². The fourth-order valence-corrected chi connectivity index (χ4v) is 3.52. The van der Waals surface area contributed by atoms with E-state index in [0.29, 0.717) is 6.04 Å². The molecule has 2 fully saturated rings. The van der Waals surface area contributed by atoms with Crippen molar-refractivity contribution in [3.63, 3.8) is 0 Å². The Kier molecular flexibility index (Phi) is 5.44. The fourth-order valence-electron chi connectivity index (χ4n) is 3.52. The second-order valence-corrected chi connectivity index (χ2v) is 6.91. The first-order valence-electron chi connectivity index (χ1n) is 8.30. The maximum absolute atomic E-state index is 12.7. The fraction of sp³-hybridized carbons (Fsp3) is 0.938. The van der Waals surface area contributed by atoms with Gasteiger partial charge in [0, 0.05) is 32.2 Å². The number of hydrogen-bond acceptors (Lipinski definition) is 3. The van der Waals surface area contributed by atoms with Crippen molar-refractivity contribution in [1.29, 1.82) is 0 Å². The minimum absolute atomic E-state index is 0.209. The summed E-state index contributed by atoms with van der Waals surface area (Å²) >= 11 is 0. The van der Waals surface area contributed by atoms with Crippen LogP contribution in [-0.4, -0.2) is 48.6 Å². The molecular weight excluding hydrogens is 250 g/mol. The maximum Gasteiger partial charge on any atom is 0.240 e. The predicted octanol–water partition coefficient (Wildman–Crippen LogP) is 1.76. The van der Waals surface area contributed by atoms with Gasteiger partial charge >= 0.3 is 0 Å². The molecular formula is C16H31N3O. The van der Waals surface area contributed by atoms with Gasteiger partial charge in [0.1, 0.15) is 0 Å². The average molecular weight is 281 g/mol. The summed E-state index contributed by atoms with van der Waals surface area (Å²) in [6, 6.07) is 0.392. The van der Waals surface area contributed by atoms with E-state index in [9.17, 15) is 4.79 Å². The molecule has 2 aliphatic rings. The van der Waals surface area contributed by atoms with Gasteiger partial charge in [-0.1, -0.05) is 26.2 Å². The Morgan fingerprint density at radius 2 is 2.00 bits per heavy atom. The van der Waals surface area contributed by atoms with Crippen LogP contribution in [0.2, 0.25) is 0 Å². The molecule has 0 aromatic rings. The number of carbonyl (C=O) groups is 1. The molecule has 1 amide bonds. The number of piperazine rings is 1. The first-order chi connectivity index (χ1) is 9.54. The van der Waals surface area contributed by atoms with E-state index in [4.69, 9.17) is 0 Å². The van der Waals surface area contributed by atoms with E-state index in [2.05, 4.69) is 36.3 Å². The quantitative estimate of drug-likeness (QED) is 0.825. The number of amides is 1. The highest BCUT2D eigenvalue weighted by Gasteiger charge is 2.36. The van der Waals surface area contributed by atoms with E-state index in [1.54, 1.807) is 0 Å². The third kappa shape index (κ3) is 3.73. The lowest BCUT2D eigenvalue weighted by atomic mass is 9.84. The lowest BCUT2D eigenvalue weighted by molar-refractivity contribution is -0.133. The van der Waals surface area contributed by atoms with Crippen LogP contribution in [0.4, 0.5) is 0 Å². The summed E-state index contributed by atoms with van der Waals surface area (Å²) in [5, 5.41) is 6.67. The summed E-state index contributed by atoms with van der Waals surface area (Å²) in [6.45, 7) is 10.3. The third-order valence-electron chi connectivity index (χ3n) is 5.16. The van der Waals surface area contributed by atoms with Crippen molar-refractivity contribution in [2.24, 2.45) is 5.92 Å². The van der Waals surface area contributed by atoms with Gasteiger partial charge in [0.25, 0.3) is 0 Å². The molecule has 0 bridgehead atoms. The summed E-state index contributed by atoms with van der Waals surface area (Å²) < 4.78 is 0. The molecule has 1 aliphatic heterocycles. The highest BCUT2D eigenvalue weighted by molar-refractivity contribution is 5.85. The molecule has 4 nitrogen and oxygen atoms in total. The van der Waals surface area contributed by atoms with Gasteiger partial charge in [-0.3, -0.25) is 9.69 Å². The first-order valence-corrected chi connectivity index (χ1v) is 8.30. The molecule has 1 saturated heterocycles. The number of nitrogens with zero attached hydrogens (tertiary/aromatic N) is 1. The van der Waals surface area contributed by atoms with Crippen LogP contribution >= 0.6 is 0 Å². The number of nitrogens with one attached hydrogen (secondary N) is 2. The van der Waals surface area contributed by atoms with E-state index in [0.717, 1.165) is 38.5 Å². The zero-order valence-corrected chi connectivity index (χ0v) is 13.4. The second kappa shape index (κ2) is 6.90. The monoisotopic (exact) mass is 281 g/mol. The summed E-state index contributed by atoms with van der Waals surface area (Å²) in [5.41, 5.74) is -0.388. The Balaban J connectivity index is 1.89. The topological polar surface area (TPSA) is 44.4 Å². The predicted molar refractivity (Wildman–Crippen MR) is 82.7 cm³/mol. The van der Waals surface area contributed by atoms with E-state index < -0.39 is 0 Å². The van der Waals surface area contributed by atoms with Crippen molar-refractivity contribution < 1.29 is 4.79 Å². The number of hydrogen-bond donors (Lipinski definition) is 2. The van der Waals surface area contributed by atoms with Crippen LogP contribution in [0.3, 0.4) is 0 Å². The standard InChI is InChI=1S/C16H31N3O/c1-4-13-6-5-7-14(12-13)18-15(20)16(2,3)19-10-8-17-9-11-19/h13-14,17H,4-12H2,1-3H3,(H,18,20). The van der Waals surface area contributed by atoms with Gasteiger partial charge in [-0.05, 0) is 32.6 Å². The highest BCUT2D eigenvalue weighted by Crippen LogP contribution is 2.27. The normalized spacial score (nSPS) is 29.1. The zero-order chi connectivity index (χ0) is 14.6. The average Bonchev–Trinajstić information content (AvgIpc) is 2.48. The van der Waals surface area contributed by atoms with Crippen molar-refractivity contribution >= 4 is 5.91 Å². The van der Waals surface area contributed by atoms with Crippen LogP contribution in [0.5, 0.6) is 0 Å². The largest absolute Gasteiger partial charge is 0.352 e. The van der Waals surface area contributed by atoms with Gasteiger partial charge in [-0.2, -0.15) is 0 Å². The van der Waals surface area contributed by atoms with Crippen LogP contribution < -0.4 is 10.6 Å². The smallest absolute Gasteiger partial charge is 0.240 e. The number of rotatable bonds is 4. The summed E-state index contributed by atoms with van der Waals surface area (Å²) in [6.07, 6.45) is 6.16. The van der Waals surface area contributed by atoms with E-state index in [1.807, 2.05) is 0 Å². The molecule has 1 aliphatic carbocycles. The minimum Gasteiger partial charge on any atom is -0.352 e. The molecule has 1 saturated carbocycles. The van der Waals surface area contributed by atoms with Gasteiger partial charge < -0.3 is 10.6 Å². The third-order valence-corrected chi connectivity index (χ3v) is 5.16. The SMILES string of the molecule is CCC1CCCC(NC(=O)C(C)(C)N2CCNCC2)C1. The van der Waals surface area contributed by atoms with Crippen LogP contribution in [0.15, 0.2) is 0 Å². The van der Waals surface area contributed by atoms with E-state index >= 15 is 0 Å². The molecule has 0 aromatic carbocycles. The van der Waals surface area contributed by atoms with Gasteiger partial charge in [0.05, 0.1) is 5.54 Å². The molecule has 2 unspecified atom stereocenters. The van der Waals surface area contributed by atoms with Gasteiger partial charge in [-0.25, -0.2) is 0 Å². The van der Waals surface area contributed by atoms with Crippen molar-refractivity contribution in [1.82, 2.24) is 15.5 Å². The highest BCUT2D eigenvalue weighted by atomic mass is 16.2. The molecule has 1 heterocycles. The van der Waals surface area contributed by atoms with Gasteiger partial charge in [-0.15, -0.1) is 0 Å². The molecule has 116 valence electrons. The summed E-state index contributed by atoms with van der Waals surface area (Å²) in [4.78, 5) is 15.0. The van der Waals surface area contributed by atoms with Crippen molar-refractivity contribution in [2.45, 2.75) is 64.5 Å². The van der Waals surface area contributed by atoms with Crippen LogP contribution in [-0.2, 0) is 4.79 Å². The van der Waals surface area contributed by atoms with Crippen LogP contribution in [0.25, 0.3) is 0 Å². The Hall–Kier alpha value is -0.610. The van der Waals surface area contributed by atoms with Crippen molar-refractivity contribution in [2.75, 3.05) is 26.2 Å². The van der Waals surface area contributed by atoms with E-state index in [-0.39, 0.29) is 11.4 Å². The Morgan fingerprint density at radius 3 is 2.65 bits per heavy atom. The van der Waals surface area contributed by atoms with Gasteiger partial charge in [0.2, 0.25) is 5.91 Å². The maximum atomic E-state index is 12.7. The molecule has 0 spiro atoms. The molecule has 4 heteroatoms. The lowest BCUT2D eigenvalue weighted by Crippen LogP contribution is -2.61. The number of carbonyl (C=O) groups excluding carboxylic acids is 1. The van der Waals surface area contributed by atoms with Crippen LogP contribution in [0.1, 0.15) is 52.9 Å². The van der Waals surface area contributed by atoms with E-state index in [1.165, 1.54) is 25.7 Å². The lowest BCUT2D eigenvalue weighted by Gasteiger charge is -2.41. The summed E-state index contributed by atoms with van der Waals surface area (Å²) in [5.74, 6) is 1.01. The Morgan fingerprint density at radius 1 is 1.30 bits per heavy atom.